The first-order valence-corrected chi connectivity index (χ1v) is 6.67. The Balaban J connectivity index is 2.91. The third-order valence-corrected chi connectivity index (χ3v) is 3.08. The Bertz CT molecular complexity index is 542. The predicted octanol–water partition coefficient (Wildman–Crippen LogP) is 1.05. The molecule has 114 valence electrons. The van der Waals surface area contributed by atoms with Crippen LogP contribution in [0, 0.1) is 6.92 Å². The number of carboxylic acids is 1. The third-order valence-electron chi connectivity index (χ3n) is 3.08. The largest absolute Gasteiger partial charge is 0.480 e. The summed E-state index contributed by atoms with van der Waals surface area (Å²) in [5, 5.41) is 11.7. The molecule has 6 heteroatoms. The lowest BCUT2D eigenvalue weighted by molar-refractivity contribution is -0.141. The quantitative estimate of drug-likeness (QED) is 0.820. The van der Waals surface area contributed by atoms with Crippen LogP contribution in [-0.2, 0) is 9.59 Å². The molecule has 0 heterocycles. The zero-order valence-electron chi connectivity index (χ0n) is 12.4. The van der Waals surface area contributed by atoms with Gasteiger partial charge in [-0.2, -0.15) is 0 Å². The average molecular weight is 292 g/mol. The number of carbonyl (C=O) groups is 3. The van der Waals surface area contributed by atoms with E-state index in [1.807, 2.05) is 13.0 Å². The summed E-state index contributed by atoms with van der Waals surface area (Å²) in [4.78, 5) is 35.8. The Kier molecular flexibility index (Phi) is 5.90. The van der Waals surface area contributed by atoms with Crippen LogP contribution in [0.4, 0.5) is 0 Å². The Morgan fingerprint density at radius 3 is 2.52 bits per heavy atom. The first-order valence-electron chi connectivity index (χ1n) is 6.67. The van der Waals surface area contributed by atoms with Crippen molar-refractivity contribution in [1.82, 2.24) is 10.2 Å². The number of carboxylic acid groups (broad SMARTS) is 1. The van der Waals surface area contributed by atoms with Crippen LogP contribution in [0.2, 0.25) is 0 Å². The molecule has 1 atom stereocenters. The number of hydrogen-bond acceptors (Lipinski definition) is 3. The Morgan fingerprint density at radius 2 is 2.00 bits per heavy atom. The molecule has 21 heavy (non-hydrogen) atoms. The van der Waals surface area contributed by atoms with E-state index in [1.165, 1.54) is 18.7 Å². The molecule has 0 saturated carbocycles. The lowest BCUT2D eigenvalue weighted by Crippen LogP contribution is -2.46. The SMILES string of the molecule is CC(=O)NCCN(C(=O)c1cccc(C)c1)C(C)C(=O)O. The normalized spacial score (nSPS) is 11.6. The first-order chi connectivity index (χ1) is 9.82. The van der Waals surface area contributed by atoms with Gasteiger partial charge in [-0.25, -0.2) is 4.79 Å². The second kappa shape index (κ2) is 7.42. The van der Waals surface area contributed by atoms with Crippen LogP contribution in [0.15, 0.2) is 24.3 Å². The van der Waals surface area contributed by atoms with Crippen molar-refractivity contribution in [3.05, 3.63) is 35.4 Å². The van der Waals surface area contributed by atoms with Gasteiger partial charge in [-0.3, -0.25) is 9.59 Å². The fourth-order valence-corrected chi connectivity index (χ4v) is 1.90. The third kappa shape index (κ3) is 4.91. The highest BCUT2D eigenvalue weighted by Crippen LogP contribution is 2.10. The summed E-state index contributed by atoms with van der Waals surface area (Å²) in [6.07, 6.45) is 0. The number of aryl methyl sites for hydroxylation is 1. The maximum absolute atomic E-state index is 12.5. The highest BCUT2D eigenvalue weighted by Gasteiger charge is 2.26. The zero-order chi connectivity index (χ0) is 16.0. The fourth-order valence-electron chi connectivity index (χ4n) is 1.90. The van der Waals surface area contributed by atoms with Crippen LogP contribution >= 0.6 is 0 Å². The number of nitrogens with zero attached hydrogens (tertiary/aromatic N) is 1. The molecule has 1 aromatic carbocycles. The number of nitrogens with one attached hydrogen (secondary N) is 1. The highest BCUT2D eigenvalue weighted by atomic mass is 16.4. The molecule has 0 bridgehead atoms. The number of hydrogen-bond donors (Lipinski definition) is 2. The second-order valence-corrected chi connectivity index (χ2v) is 4.87. The summed E-state index contributed by atoms with van der Waals surface area (Å²) < 4.78 is 0. The lowest BCUT2D eigenvalue weighted by Gasteiger charge is -2.26. The van der Waals surface area contributed by atoms with Crippen LogP contribution in [0.3, 0.4) is 0 Å². The van der Waals surface area contributed by atoms with Crippen molar-refractivity contribution in [2.45, 2.75) is 26.8 Å². The van der Waals surface area contributed by atoms with Crippen LogP contribution in [-0.4, -0.2) is 46.9 Å². The second-order valence-electron chi connectivity index (χ2n) is 4.87. The minimum atomic E-state index is -1.08. The summed E-state index contributed by atoms with van der Waals surface area (Å²) in [5.41, 5.74) is 1.36. The molecule has 0 aliphatic heterocycles. The van der Waals surface area contributed by atoms with Crippen molar-refractivity contribution >= 4 is 17.8 Å². The van der Waals surface area contributed by atoms with Gasteiger partial charge in [-0.15, -0.1) is 0 Å². The molecule has 0 saturated heterocycles. The standard InChI is InChI=1S/C15H20N2O4/c1-10-5-4-6-13(9-10)14(19)17(11(2)15(20)21)8-7-16-12(3)18/h4-6,9,11H,7-8H2,1-3H3,(H,16,18)(H,20,21). The summed E-state index contributed by atoms with van der Waals surface area (Å²) in [6, 6.07) is 6.00. The number of benzene rings is 1. The molecule has 1 aromatic rings. The minimum Gasteiger partial charge on any atom is -0.480 e. The topological polar surface area (TPSA) is 86.7 Å². The molecule has 1 unspecified atom stereocenters. The van der Waals surface area contributed by atoms with Gasteiger partial charge in [0.2, 0.25) is 5.91 Å². The van der Waals surface area contributed by atoms with E-state index < -0.39 is 12.0 Å². The van der Waals surface area contributed by atoms with Crippen molar-refractivity contribution in [1.29, 1.82) is 0 Å². The zero-order valence-corrected chi connectivity index (χ0v) is 12.4. The van der Waals surface area contributed by atoms with E-state index in [4.69, 9.17) is 5.11 Å². The molecule has 2 N–H and O–H groups in total. The van der Waals surface area contributed by atoms with Crippen molar-refractivity contribution in [3.63, 3.8) is 0 Å². The fraction of sp³-hybridized carbons (Fsp3) is 0.400. The van der Waals surface area contributed by atoms with Gasteiger partial charge in [-0.1, -0.05) is 17.7 Å². The Labute approximate surface area is 123 Å². The molecule has 0 fully saturated rings. The van der Waals surface area contributed by atoms with E-state index in [-0.39, 0.29) is 24.9 Å². The van der Waals surface area contributed by atoms with Gasteiger partial charge in [0.1, 0.15) is 6.04 Å². The molecule has 0 aliphatic rings. The number of amides is 2. The van der Waals surface area contributed by atoms with Crippen LogP contribution in [0.5, 0.6) is 0 Å². The summed E-state index contributed by atoms with van der Waals surface area (Å²) in [6.45, 7) is 5.03. The van der Waals surface area contributed by atoms with Crippen molar-refractivity contribution < 1.29 is 19.5 Å². The van der Waals surface area contributed by atoms with Gasteiger partial charge in [0.25, 0.3) is 5.91 Å². The molecule has 2 amide bonds. The number of aliphatic carboxylic acids is 1. The minimum absolute atomic E-state index is 0.139. The molecule has 1 rings (SSSR count). The van der Waals surface area contributed by atoms with Gasteiger partial charge < -0.3 is 15.3 Å². The molecular weight excluding hydrogens is 272 g/mol. The molecule has 6 nitrogen and oxygen atoms in total. The Hall–Kier alpha value is -2.37. The van der Waals surface area contributed by atoms with Crippen LogP contribution in [0.25, 0.3) is 0 Å². The first kappa shape index (κ1) is 16.7. The van der Waals surface area contributed by atoms with E-state index in [9.17, 15) is 14.4 Å². The molecule has 0 radical (unpaired) electrons. The summed E-state index contributed by atoms with van der Waals surface area (Å²) >= 11 is 0. The maximum Gasteiger partial charge on any atom is 0.326 e. The van der Waals surface area contributed by atoms with E-state index in [0.717, 1.165) is 5.56 Å². The van der Waals surface area contributed by atoms with Gasteiger partial charge >= 0.3 is 5.97 Å². The van der Waals surface area contributed by atoms with Gasteiger partial charge in [0.15, 0.2) is 0 Å². The maximum atomic E-state index is 12.5. The predicted molar refractivity (Wildman–Crippen MR) is 78.0 cm³/mol. The van der Waals surface area contributed by atoms with E-state index in [1.54, 1.807) is 18.2 Å². The van der Waals surface area contributed by atoms with Crippen LogP contribution < -0.4 is 5.32 Å². The van der Waals surface area contributed by atoms with Gasteiger partial charge in [0.05, 0.1) is 0 Å². The van der Waals surface area contributed by atoms with Gasteiger partial charge in [-0.05, 0) is 26.0 Å². The monoisotopic (exact) mass is 292 g/mol. The van der Waals surface area contributed by atoms with Crippen molar-refractivity contribution in [3.8, 4) is 0 Å². The van der Waals surface area contributed by atoms with Crippen molar-refractivity contribution in [2.24, 2.45) is 0 Å². The molecule has 0 aromatic heterocycles. The van der Waals surface area contributed by atoms with E-state index in [2.05, 4.69) is 5.32 Å². The Morgan fingerprint density at radius 1 is 1.33 bits per heavy atom. The summed E-state index contributed by atoms with van der Waals surface area (Å²) in [7, 11) is 0. The summed E-state index contributed by atoms with van der Waals surface area (Å²) in [5.74, 6) is -1.67. The lowest BCUT2D eigenvalue weighted by atomic mass is 10.1. The van der Waals surface area contributed by atoms with E-state index >= 15 is 0 Å². The van der Waals surface area contributed by atoms with Gasteiger partial charge in [0, 0.05) is 25.6 Å². The smallest absolute Gasteiger partial charge is 0.326 e. The average Bonchev–Trinajstić information content (AvgIpc) is 2.42. The number of carbonyl (C=O) groups excluding carboxylic acids is 2. The van der Waals surface area contributed by atoms with Crippen molar-refractivity contribution in [2.75, 3.05) is 13.1 Å². The van der Waals surface area contributed by atoms with E-state index in [0.29, 0.717) is 5.56 Å². The molecule has 0 aliphatic carbocycles. The highest BCUT2D eigenvalue weighted by molar-refractivity contribution is 5.96. The number of rotatable bonds is 6. The molecular formula is C15H20N2O4. The van der Waals surface area contributed by atoms with Crippen LogP contribution in [0.1, 0.15) is 29.8 Å². The molecule has 0 spiro atoms.